The molecule has 0 saturated heterocycles. The number of ether oxygens (including phenoxy) is 2. The number of hydrogen-bond donors (Lipinski definition) is 2. The van der Waals surface area contributed by atoms with Gasteiger partial charge in [-0.15, -0.1) is 0 Å². The van der Waals surface area contributed by atoms with Crippen LogP contribution < -0.4 is 15.8 Å². The number of benzene rings is 1. The van der Waals surface area contributed by atoms with Crippen LogP contribution in [0, 0.1) is 6.92 Å². The van der Waals surface area contributed by atoms with Crippen LogP contribution in [0.3, 0.4) is 0 Å². The molecule has 0 fully saturated rings. The first-order chi connectivity index (χ1) is 9.10. The number of hydrogen-bond acceptors (Lipinski definition) is 4. The van der Waals surface area contributed by atoms with Crippen LogP contribution in [0.4, 0.5) is 0 Å². The topological polar surface area (TPSA) is 73.6 Å². The Hall–Kier alpha value is -1.59. The summed E-state index contributed by atoms with van der Waals surface area (Å²) in [5.41, 5.74) is 7.54. The maximum Gasteiger partial charge on any atom is 0.260 e. The number of carbonyl (C=O) groups excluding carboxylic acids is 1. The van der Waals surface area contributed by atoms with Crippen molar-refractivity contribution in [2.75, 3.05) is 20.3 Å². The van der Waals surface area contributed by atoms with Gasteiger partial charge in [0.25, 0.3) is 5.91 Å². The largest absolute Gasteiger partial charge is 0.480 e. The van der Waals surface area contributed by atoms with Crippen LogP contribution in [0.1, 0.15) is 18.1 Å². The third-order valence-electron chi connectivity index (χ3n) is 2.78. The van der Waals surface area contributed by atoms with E-state index in [4.69, 9.17) is 15.2 Å². The fourth-order valence-corrected chi connectivity index (χ4v) is 1.69. The number of methoxy groups -OCH3 is 1. The minimum atomic E-state index is -0.566. The lowest BCUT2D eigenvalue weighted by molar-refractivity contribution is -0.127. The lowest BCUT2D eigenvalue weighted by atomic mass is 10.1. The third kappa shape index (κ3) is 4.54. The number of nitrogens with one attached hydrogen (secondary N) is 1. The van der Waals surface area contributed by atoms with Gasteiger partial charge in [-0.1, -0.05) is 18.2 Å². The second-order valence-electron chi connectivity index (χ2n) is 4.31. The van der Waals surface area contributed by atoms with Crippen LogP contribution in [0.15, 0.2) is 18.2 Å². The molecule has 5 nitrogen and oxygen atoms in total. The Kier molecular flexibility index (Phi) is 6.32. The highest BCUT2D eigenvalue weighted by molar-refractivity contribution is 5.80. The van der Waals surface area contributed by atoms with E-state index in [1.807, 2.05) is 25.1 Å². The monoisotopic (exact) mass is 266 g/mol. The van der Waals surface area contributed by atoms with E-state index in [9.17, 15) is 4.79 Å². The molecule has 1 aromatic rings. The second-order valence-corrected chi connectivity index (χ2v) is 4.31. The normalized spacial score (nSPS) is 12.0. The van der Waals surface area contributed by atoms with E-state index in [1.54, 1.807) is 14.0 Å². The molecular formula is C14H22N2O3. The maximum absolute atomic E-state index is 11.8. The Morgan fingerprint density at radius 1 is 1.47 bits per heavy atom. The summed E-state index contributed by atoms with van der Waals surface area (Å²) in [7, 11) is 1.59. The molecule has 106 valence electrons. The summed E-state index contributed by atoms with van der Waals surface area (Å²) in [6.45, 7) is 4.99. The summed E-state index contributed by atoms with van der Waals surface area (Å²) in [5.74, 6) is 0.530. The summed E-state index contributed by atoms with van der Waals surface area (Å²) < 4.78 is 10.6. The van der Waals surface area contributed by atoms with Crippen LogP contribution in [0.2, 0.25) is 0 Å². The first-order valence-corrected chi connectivity index (χ1v) is 6.32. The van der Waals surface area contributed by atoms with E-state index in [2.05, 4.69) is 5.32 Å². The average Bonchev–Trinajstić information content (AvgIpc) is 2.41. The van der Waals surface area contributed by atoms with Crippen molar-refractivity contribution in [2.45, 2.75) is 26.5 Å². The van der Waals surface area contributed by atoms with Gasteiger partial charge in [0.1, 0.15) is 5.75 Å². The molecule has 1 aromatic carbocycles. The molecule has 0 aliphatic rings. The van der Waals surface area contributed by atoms with Crippen molar-refractivity contribution in [1.82, 2.24) is 5.32 Å². The molecule has 0 aliphatic carbocycles. The fourth-order valence-electron chi connectivity index (χ4n) is 1.69. The first-order valence-electron chi connectivity index (χ1n) is 6.32. The Morgan fingerprint density at radius 3 is 2.84 bits per heavy atom. The minimum Gasteiger partial charge on any atom is -0.480 e. The molecule has 1 unspecified atom stereocenters. The van der Waals surface area contributed by atoms with Crippen molar-refractivity contribution in [3.8, 4) is 5.75 Å². The molecule has 3 N–H and O–H groups in total. The highest BCUT2D eigenvalue weighted by Gasteiger charge is 2.16. The number of nitrogens with two attached hydrogens (primary N) is 1. The van der Waals surface area contributed by atoms with Gasteiger partial charge in [-0.3, -0.25) is 4.79 Å². The maximum atomic E-state index is 11.8. The molecule has 0 radical (unpaired) electrons. The fraction of sp³-hybridized carbons (Fsp3) is 0.500. The predicted octanol–water partition coefficient (Wildman–Crippen LogP) is 0.984. The number of carbonyl (C=O) groups is 1. The molecule has 0 aromatic heterocycles. The number of rotatable bonds is 7. The second kappa shape index (κ2) is 7.76. The molecule has 1 rings (SSSR count). The van der Waals surface area contributed by atoms with Gasteiger partial charge in [-0.2, -0.15) is 0 Å². The van der Waals surface area contributed by atoms with Crippen molar-refractivity contribution in [3.63, 3.8) is 0 Å². The quantitative estimate of drug-likeness (QED) is 0.722. The van der Waals surface area contributed by atoms with E-state index in [0.717, 1.165) is 11.1 Å². The lowest BCUT2D eigenvalue weighted by Crippen LogP contribution is -2.38. The van der Waals surface area contributed by atoms with Crippen LogP contribution in [0.25, 0.3) is 0 Å². The van der Waals surface area contributed by atoms with Gasteiger partial charge in [0.2, 0.25) is 0 Å². The smallest absolute Gasteiger partial charge is 0.260 e. The minimum absolute atomic E-state index is 0.164. The van der Waals surface area contributed by atoms with E-state index < -0.39 is 6.10 Å². The van der Waals surface area contributed by atoms with E-state index in [0.29, 0.717) is 25.4 Å². The Balaban J connectivity index is 2.66. The zero-order valence-electron chi connectivity index (χ0n) is 11.7. The highest BCUT2D eigenvalue weighted by atomic mass is 16.5. The molecule has 0 bridgehead atoms. The van der Waals surface area contributed by atoms with E-state index >= 15 is 0 Å². The van der Waals surface area contributed by atoms with E-state index in [-0.39, 0.29) is 5.91 Å². The molecule has 19 heavy (non-hydrogen) atoms. The zero-order chi connectivity index (χ0) is 14.3. The molecular weight excluding hydrogens is 244 g/mol. The summed E-state index contributed by atoms with van der Waals surface area (Å²) in [6.07, 6.45) is -0.566. The Labute approximate surface area is 114 Å². The highest BCUT2D eigenvalue weighted by Crippen LogP contribution is 2.24. The Bertz CT molecular complexity index is 421. The van der Waals surface area contributed by atoms with E-state index in [1.165, 1.54) is 0 Å². The number of aryl methyl sites for hydroxylation is 1. The van der Waals surface area contributed by atoms with Crippen LogP contribution in [0.5, 0.6) is 5.75 Å². The Morgan fingerprint density at radius 2 is 2.21 bits per heavy atom. The van der Waals surface area contributed by atoms with Gasteiger partial charge < -0.3 is 20.5 Å². The molecule has 5 heteroatoms. The van der Waals surface area contributed by atoms with Crippen LogP contribution >= 0.6 is 0 Å². The zero-order valence-corrected chi connectivity index (χ0v) is 11.7. The molecule has 0 spiro atoms. The van der Waals surface area contributed by atoms with Crippen molar-refractivity contribution in [1.29, 1.82) is 0 Å². The molecule has 1 atom stereocenters. The van der Waals surface area contributed by atoms with Gasteiger partial charge in [0.15, 0.2) is 6.10 Å². The van der Waals surface area contributed by atoms with Gasteiger partial charge in [-0.25, -0.2) is 0 Å². The SMILES string of the molecule is COCCNC(=O)C(C)Oc1c(C)cccc1CN. The lowest BCUT2D eigenvalue weighted by Gasteiger charge is -2.18. The standard InChI is InChI=1S/C14H22N2O3/c1-10-5-4-6-12(9-15)13(10)19-11(2)14(17)16-7-8-18-3/h4-6,11H,7-9,15H2,1-3H3,(H,16,17). The third-order valence-corrected chi connectivity index (χ3v) is 2.78. The van der Waals surface area contributed by atoms with Gasteiger partial charge >= 0.3 is 0 Å². The first kappa shape index (κ1) is 15.5. The van der Waals surface area contributed by atoms with Crippen molar-refractivity contribution in [3.05, 3.63) is 29.3 Å². The van der Waals surface area contributed by atoms with Crippen molar-refractivity contribution < 1.29 is 14.3 Å². The van der Waals surface area contributed by atoms with Gasteiger partial charge in [0, 0.05) is 25.8 Å². The van der Waals surface area contributed by atoms with Crippen LogP contribution in [-0.2, 0) is 16.1 Å². The van der Waals surface area contributed by atoms with Crippen LogP contribution in [-0.4, -0.2) is 32.3 Å². The van der Waals surface area contributed by atoms with Gasteiger partial charge in [-0.05, 0) is 19.4 Å². The average molecular weight is 266 g/mol. The number of para-hydroxylation sites is 1. The molecule has 1 amide bonds. The molecule has 0 saturated carbocycles. The van der Waals surface area contributed by atoms with Gasteiger partial charge in [0.05, 0.1) is 6.61 Å². The number of amides is 1. The summed E-state index contributed by atoms with van der Waals surface area (Å²) in [4.78, 5) is 11.8. The predicted molar refractivity (Wildman–Crippen MR) is 74.0 cm³/mol. The molecule has 0 heterocycles. The summed E-state index contributed by atoms with van der Waals surface area (Å²) in [6, 6.07) is 5.76. The summed E-state index contributed by atoms with van der Waals surface area (Å²) in [5, 5.41) is 2.74. The van der Waals surface area contributed by atoms with Crippen molar-refractivity contribution >= 4 is 5.91 Å². The molecule has 0 aliphatic heterocycles. The van der Waals surface area contributed by atoms with Crippen molar-refractivity contribution in [2.24, 2.45) is 5.73 Å². The summed E-state index contributed by atoms with van der Waals surface area (Å²) >= 11 is 0.